The van der Waals surface area contributed by atoms with Crippen molar-refractivity contribution < 1.29 is 9.59 Å². The van der Waals surface area contributed by atoms with Crippen LogP contribution in [0.3, 0.4) is 0 Å². The summed E-state index contributed by atoms with van der Waals surface area (Å²) in [5, 5.41) is 7.06. The van der Waals surface area contributed by atoms with E-state index in [0.717, 1.165) is 22.3 Å². The zero-order chi connectivity index (χ0) is 17.7. The molecule has 3 heterocycles. The van der Waals surface area contributed by atoms with Gasteiger partial charge < -0.3 is 20.5 Å². The van der Waals surface area contributed by atoms with E-state index >= 15 is 0 Å². The second-order valence-corrected chi connectivity index (χ2v) is 6.86. The van der Waals surface area contributed by atoms with E-state index in [4.69, 9.17) is 0 Å². The normalized spacial score (nSPS) is 21.2. The van der Waals surface area contributed by atoms with Crippen molar-refractivity contribution in [3.8, 4) is 0 Å². The molecule has 0 saturated carbocycles. The molecule has 1 saturated heterocycles. The average molecular weight is 346 g/mol. The van der Waals surface area contributed by atoms with Gasteiger partial charge >= 0.3 is 0 Å². The van der Waals surface area contributed by atoms with Crippen molar-refractivity contribution in [3.63, 3.8) is 0 Å². The lowest BCUT2D eigenvalue weighted by molar-refractivity contribution is -0.117. The Kier molecular flexibility index (Phi) is 3.25. The van der Waals surface area contributed by atoms with E-state index in [1.54, 1.807) is 0 Å². The molecule has 130 valence electrons. The van der Waals surface area contributed by atoms with Gasteiger partial charge in [-0.1, -0.05) is 12.1 Å². The molecule has 2 amide bonds. The molecule has 2 aliphatic rings. The van der Waals surface area contributed by atoms with E-state index < -0.39 is 0 Å². The molecule has 3 N–H and O–H groups in total. The predicted molar refractivity (Wildman–Crippen MR) is 100 cm³/mol. The molecule has 1 fully saturated rings. The number of nitrogens with zero attached hydrogens (tertiary/aromatic N) is 1. The Morgan fingerprint density at radius 3 is 2.96 bits per heavy atom. The van der Waals surface area contributed by atoms with Gasteiger partial charge in [-0.15, -0.1) is 0 Å². The van der Waals surface area contributed by atoms with Crippen molar-refractivity contribution in [1.82, 2.24) is 10.3 Å². The monoisotopic (exact) mass is 346 g/mol. The Hall–Kier alpha value is -3.28. The molecule has 0 spiro atoms. The Labute approximate surface area is 150 Å². The first-order chi connectivity index (χ1) is 12.7. The van der Waals surface area contributed by atoms with Gasteiger partial charge in [0.05, 0.1) is 11.4 Å². The lowest BCUT2D eigenvalue weighted by atomic mass is 10.1. The highest BCUT2D eigenvalue weighted by molar-refractivity contribution is 6.04. The number of nitrogens with one attached hydrogen (secondary N) is 3. The third-order valence-electron chi connectivity index (χ3n) is 5.23. The van der Waals surface area contributed by atoms with E-state index in [-0.39, 0.29) is 23.9 Å². The third-order valence-corrected chi connectivity index (χ3v) is 5.23. The molecule has 0 bridgehead atoms. The van der Waals surface area contributed by atoms with Crippen LogP contribution in [-0.4, -0.2) is 35.4 Å². The SMILES string of the molecule is O=C(NC1CC2C(=O)Nc3ccccc3N2C1)c1ccc2[nH]ccc2c1. The summed E-state index contributed by atoms with van der Waals surface area (Å²) in [7, 11) is 0. The number of para-hydroxylation sites is 2. The first-order valence-electron chi connectivity index (χ1n) is 8.73. The number of hydrogen-bond donors (Lipinski definition) is 3. The van der Waals surface area contributed by atoms with E-state index in [9.17, 15) is 9.59 Å². The Balaban J connectivity index is 1.36. The molecule has 2 unspecified atom stereocenters. The molecule has 6 nitrogen and oxygen atoms in total. The summed E-state index contributed by atoms with van der Waals surface area (Å²) in [6.45, 7) is 0.632. The van der Waals surface area contributed by atoms with Crippen molar-refractivity contribution in [2.75, 3.05) is 16.8 Å². The number of rotatable bonds is 2. The van der Waals surface area contributed by atoms with E-state index in [1.165, 1.54) is 0 Å². The molecule has 26 heavy (non-hydrogen) atoms. The highest BCUT2D eigenvalue weighted by atomic mass is 16.2. The van der Waals surface area contributed by atoms with Crippen LogP contribution >= 0.6 is 0 Å². The lowest BCUT2D eigenvalue weighted by Gasteiger charge is -2.32. The van der Waals surface area contributed by atoms with Crippen LogP contribution in [0.5, 0.6) is 0 Å². The number of carbonyl (C=O) groups is 2. The van der Waals surface area contributed by atoms with Crippen LogP contribution in [0, 0.1) is 0 Å². The van der Waals surface area contributed by atoms with Crippen LogP contribution in [0.25, 0.3) is 10.9 Å². The van der Waals surface area contributed by atoms with Crippen LogP contribution in [-0.2, 0) is 4.79 Å². The molecule has 2 atom stereocenters. The molecule has 0 radical (unpaired) electrons. The predicted octanol–water partition coefficient (Wildman–Crippen LogP) is 2.50. The Morgan fingerprint density at radius 1 is 1.15 bits per heavy atom. The Morgan fingerprint density at radius 2 is 2.04 bits per heavy atom. The number of fused-ring (bicyclic) bond motifs is 4. The first kappa shape index (κ1) is 15.0. The van der Waals surface area contributed by atoms with E-state index in [0.29, 0.717) is 18.5 Å². The van der Waals surface area contributed by atoms with Gasteiger partial charge in [0.25, 0.3) is 5.91 Å². The van der Waals surface area contributed by atoms with Gasteiger partial charge in [-0.2, -0.15) is 0 Å². The van der Waals surface area contributed by atoms with Crippen molar-refractivity contribution in [2.24, 2.45) is 0 Å². The van der Waals surface area contributed by atoms with Gasteiger partial charge in [-0.3, -0.25) is 9.59 Å². The number of H-pyrrole nitrogens is 1. The molecule has 0 aliphatic carbocycles. The van der Waals surface area contributed by atoms with Crippen molar-refractivity contribution in [1.29, 1.82) is 0 Å². The fourth-order valence-electron chi connectivity index (χ4n) is 3.96. The standard InChI is InChI=1S/C20H18N4O2/c25-19(13-5-6-15-12(9-13)7-8-21-15)22-14-10-18-20(26)23-16-3-1-2-4-17(16)24(18)11-14/h1-9,14,18,21H,10-11H2,(H,22,25)(H,23,26). The van der Waals surface area contributed by atoms with Crippen LogP contribution in [0.4, 0.5) is 11.4 Å². The minimum atomic E-state index is -0.234. The first-order valence-corrected chi connectivity index (χ1v) is 8.73. The number of amides is 2. The molecule has 1 aromatic heterocycles. The average Bonchev–Trinajstić information content (AvgIpc) is 3.28. The highest BCUT2D eigenvalue weighted by Crippen LogP contribution is 2.36. The van der Waals surface area contributed by atoms with Crippen molar-refractivity contribution in [3.05, 3.63) is 60.3 Å². The maximum absolute atomic E-state index is 12.7. The maximum Gasteiger partial charge on any atom is 0.251 e. The van der Waals surface area contributed by atoms with E-state index in [2.05, 4.69) is 20.5 Å². The van der Waals surface area contributed by atoms with Crippen LogP contribution in [0.2, 0.25) is 0 Å². The zero-order valence-electron chi connectivity index (χ0n) is 14.0. The van der Waals surface area contributed by atoms with Gasteiger partial charge in [0.15, 0.2) is 0 Å². The van der Waals surface area contributed by atoms with E-state index in [1.807, 2.05) is 54.7 Å². The summed E-state index contributed by atoms with van der Waals surface area (Å²) in [6, 6.07) is 15.0. The molecule has 6 heteroatoms. The fraction of sp³-hybridized carbons (Fsp3) is 0.200. The summed E-state index contributed by atoms with van der Waals surface area (Å²) >= 11 is 0. The number of benzene rings is 2. The van der Waals surface area contributed by atoms with Crippen molar-refractivity contribution in [2.45, 2.75) is 18.5 Å². The van der Waals surface area contributed by atoms with Crippen LogP contribution < -0.4 is 15.5 Å². The maximum atomic E-state index is 12.7. The van der Waals surface area contributed by atoms with Gasteiger partial charge in [0.2, 0.25) is 5.91 Å². The third kappa shape index (κ3) is 2.34. The summed E-state index contributed by atoms with van der Waals surface area (Å²) in [4.78, 5) is 30.3. The summed E-state index contributed by atoms with van der Waals surface area (Å²) in [5.74, 6) is -0.110. The summed E-state index contributed by atoms with van der Waals surface area (Å²) < 4.78 is 0. The molecular weight excluding hydrogens is 328 g/mol. The number of aromatic nitrogens is 1. The van der Waals surface area contributed by atoms with Gasteiger partial charge in [0, 0.05) is 35.2 Å². The largest absolute Gasteiger partial charge is 0.361 e. The molecule has 3 aromatic rings. The number of aromatic amines is 1. The lowest BCUT2D eigenvalue weighted by Crippen LogP contribution is -2.44. The minimum absolute atomic E-state index is 0.00538. The zero-order valence-corrected chi connectivity index (χ0v) is 14.0. The molecule has 5 rings (SSSR count). The highest BCUT2D eigenvalue weighted by Gasteiger charge is 2.41. The molecule has 2 aromatic carbocycles. The van der Waals surface area contributed by atoms with Crippen LogP contribution in [0.15, 0.2) is 54.7 Å². The smallest absolute Gasteiger partial charge is 0.251 e. The summed E-state index contributed by atoms with van der Waals surface area (Å²) in [5.41, 5.74) is 3.49. The second kappa shape index (κ2) is 5.62. The Bertz CT molecular complexity index is 1030. The van der Waals surface area contributed by atoms with Gasteiger partial charge in [-0.05, 0) is 42.8 Å². The van der Waals surface area contributed by atoms with Gasteiger partial charge in [0.1, 0.15) is 6.04 Å². The van der Waals surface area contributed by atoms with Crippen LogP contribution in [0.1, 0.15) is 16.8 Å². The fourth-order valence-corrected chi connectivity index (χ4v) is 3.96. The summed E-state index contributed by atoms with van der Waals surface area (Å²) in [6.07, 6.45) is 2.47. The number of anilines is 2. The quantitative estimate of drug-likeness (QED) is 0.667. The molecular formula is C20H18N4O2. The second-order valence-electron chi connectivity index (χ2n) is 6.86. The minimum Gasteiger partial charge on any atom is -0.361 e. The number of hydrogen-bond acceptors (Lipinski definition) is 3. The van der Waals surface area contributed by atoms with Gasteiger partial charge in [-0.25, -0.2) is 0 Å². The molecule has 2 aliphatic heterocycles. The number of carbonyl (C=O) groups excluding carboxylic acids is 2. The topological polar surface area (TPSA) is 77.2 Å². The van der Waals surface area contributed by atoms with Crippen molar-refractivity contribution >= 4 is 34.1 Å².